The largest absolute Gasteiger partial charge is 0.459 e. The zero-order valence-electron chi connectivity index (χ0n) is 14.6. The van der Waals surface area contributed by atoms with Crippen LogP contribution >= 0.6 is 0 Å². The number of ether oxygens (including phenoxy) is 4. The van der Waals surface area contributed by atoms with E-state index >= 15 is 0 Å². The van der Waals surface area contributed by atoms with Crippen LogP contribution in [0.5, 0.6) is 0 Å². The van der Waals surface area contributed by atoms with Crippen LogP contribution in [0.1, 0.15) is 20.7 Å². The molecule has 27 heavy (non-hydrogen) atoms. The number of Topliss-reactive ketones (excluding diaryl/α,β-unsaturated/α-hetero) is 1. The predicted octanol–water partition coefficient (Wildman–Crippen LogP) is 2.01. The molecule has 0 spiro atoms. The smallest absolute Gasteiger partial charge is 0.338 e. The Morgan fingerprint density at radius 3 is 2.04 bits per heavy atom. The summed E-state index contributed by atoms with van der Waals surface area (Å²) in [7, 11) is 1.30. The molecule has 3 atom stereocenters. The molecule has 1 saturated heterocycles. The highest BCUT2D eigenvalue weighted by molar-refractivity contribution is 5.95. The van der Waals surface area contributed by atoms with Crippen LogP contribution in [0.4, 0.5) is 0 Å². The van der Waals surface area contributed by atoms with E-state index in [4.69, 9.17) is 18.9 Å². The van der Waals surface area contributed by atoms with Gasteiger partial charge < -0.3 is 18.9 Å². The van der Waals surface area contributed by atoms with E-state index in [0.717, 1.165) is 0 Å². The molecule has 0 aromatic heterocycles. The van der Waals surface area contributed by atoms with Gasteiger partial charge >= 0.3 is 11.9 Å². The van der Waals surface area contributed by atoms with Crippen molar-refractivity contribution in [3.63, 3.8) is 0 Å². The average molecular weight is 370 g/mol. The van der Waals surface area contributed by atoms with Gasteiger partial charge in [-0.15, -0.1) is 0 Å². The van der Waals surface area contributed by atoms with Gasteiger partial charge in [-0.05, 0) is 24.3 Å². The molecule has 0 saturated carbocycles. The summed E-state index contributed by atoms with van der Waals surface area (Å²) in [6, 6.07) is 16.7. The summed E-state index contributed by atoms with van der Waals surface area (Å²) >= 11 is 0. The Morgan fingerprint density at radius 2 is 1.48 bits per heavy atom. The third-order valence-electron chi connectivity index (χ3n) is 3.99. The van der Waals surface area contributed by atoms with Crippen molar-refractivity contribution >= 4 is 17.7 Å². The van der Waals surface area contributed by atoms with Gasteiger partial charge in [-0.1, -0.05) is 36.4 Å². The first-order valence-electron chi connectivity index (χ1n) is 8.30. The fourth-order valence-electron chi connectivity index (χ4n) is 2.62. The van der Waals surface area contributed by atoms with Crippen LogP contribution in [0.3, 0.4) is 0 Å². The van der Waals surface area contributed by atoms with Crippen molar-refractivity contribution in [2.24, 2.45) is 0 Å². The zero-order chi connectivity index (χ0) is 19.2. The number of esters is 2. The minimum atomic E-state index is -1.23. The number of hydrogen-bond donors (Lipinski definition) is 0. The second kappa shape index (κ2) is 8.57. The Balaban J connectivity index is 1.67. The van der Waals surface area contributed by atoms with Crippen LogP contribution in [0, 0.1) is 0 Å². The number of benzene rings is 2. The molecule has 0 radical (unpaired) electrons. The molecule has 1 fully saturated rings. The van der Waals surface area contributed by atoms with E-state index in [-0.39, 0.29) is 6.61 Å². The van der Waals surface area contributed by atoms with Crippen molar-refractivity contribution < 1.29 is 33.3 Å². The van der Waals surface area contributed by atoms with Crippen LogP contribution in [0.25, 0.3) is 0 Å². The Hall–Kier alpha value is -3.03. The van der Waals surface area contributed by atoms with Gasteiger partial charge in [0, 0.05) is 7.11 Å². The lowest BCUT2D eigenvalue weighted by Crippen LogP contribution is -2.36. The van der Waals surface area contributed by atoms with Crippen LogP contribution < -0.4 is 0 Å². The first kappa shape index (κ1) is 18.8. The van der Waals surface area contributed by atoms with E-state index in [1.54, 1.807) is 60.7 Å². The monoisotopic (exact) mass is 370 g/mol. The number of methoxy groups -OCH3 is 1. The summed E-state index contributed by atoms with van der Waals surface area (Å²) in [6.45, 7) is -0.258. The summed E-state index contributed by atoms with van der Waals surface area (Å²) in [5, 5.41) is 0. The van der Waals surface area contributed by atoms with Crippen LogP contribution in [0.15, 0.2) is 60.7 Å². The van der Waals surface area contributed by atoms with Gasteiger partial charge in [-0.3, -0.25) is 4.79 Å². The molecular formula is C20H18O7. The molecule has 3 rings (SSSR count). The molecule has 1 unspecified atom stereocenters. The Bertz CT molecular complexity index is 804. The van der Waals surface area contributed by atoms with Crippen LogP contribution in [0.2, 0.25) is 0 Å². The van der Waals surface area contributed by atoms with Gasteiger partial charge in [0.2, 0.25) is 12.1 Å². The SMILES string of the molecule is CO[C@@H]1O[C@H](COC(=O)c2ccccc2)C(OC(=O)c2ccccc2)C1=O. The molecule has 1 aliphatic rings. The molecule has 7 nitrogen and oxygen atoms in total. The molecule has 2 aromatic rings. The van der Waals surface area contributed by atoms with Gasteiger partial charge in [0.15, 0.2) is 6.10 Å². The first-order chi connectivity index (χ1) is 13.1. The van der Waals surface area contributed by atoms with Crippen molar-refractivity contribution in [3.8, 4) is 0 Å². The van der Waals surface area contributed by atoms with Gasteiger partial charge in [0.25, 0.3) is 0 Å². The highest BCUT2D eigenvalue weighted by atomic mass is 16.7. The van der Waals surface area contributed by atoms with Crippen LogP contribution in [-0.2, 0) is 23.7 Å². The van der Waals surface area contributed by atoms with Gasteiger partial charge in [0.1, 0.15) is 12.7 Å². The van der Waals surface area contributed by atoms with Gasteiger partial charge in [-0.2, -0.15) is 0 Å². The van der Waals surface area contributed by atoms with Crippen molar-refractivity contribution in [1.29, 1.82) is 0 Å². The summed E-state index contributed by atoms with van der Waals surface area (Å²) < 4.78 is 20.9. The van der Waals surface area contributed by atoms with Crippen LogP contribution in [-0.4, -0.2) is 49.9 Å². The maximum Gasteiger partial charge on any atom is 0.338 e. The molecule has 0 bridgehead atoms. The lowest BCUT2D eigenvalue weighted by Gasteiger charge is -2.17. The van der Waals surface area contributed by atoms with E-state index in [2.05, 4.69) is 0 Å². The molecule has 1 aliphatic heterocycles. The van der Waals surface area contributed by atoms with E-state index in [1.165, 1.54) is 7.11 Å². The standard InChI is InChI=1S/C20H18O7/c1-24-20-16(21)17(27-19(23)14-10-6-3-7-11-14)15(26-20)12-25-18(22)13-8-4-2-5-9-13/h2-11,15,17,20H,12H2,1H3/t15-,17?,20-/m1/s1. The normalized spacial score (nSPS) is 21.7. The molecule has 140 valence electrons. The zero-order valence-corrected chi connectivity index (χ0v) is 14.6. The Morgan fingerprint density at radius 1 is 0.926 bits per heavy atom. The lowest BCUT2D eigenvalue weighted by atomic mass is 10.1. The molecule has 2 aromatic carbocycles. The third kappa shape index (κ3) is 4.39. The minimum Gasteiger partial charge on any atom is -0.459 e. The number of carbonyl (C=O) groups excluding carboxylic acids is 3. The number of carbonyl (C=O) groups is 3. The number of rotatable bonds is 6. The predicted molar refractivity (Wildman–Crippen MR) is 93.0 cm³/mol. The first-order valence-corrected chi connectivity index (χ1v) is 8.30. The van der Waals surface area contributed by atoms with Crippen molar-refractivity contribution in [2.75, 3.05) is 13.7 Å². The van der Waals surface area contributed by atoms with Gasteiger partial charge in [-0.25, -0.2) is 9.59 Å². The molecule has 0 aliphatic carbocycles. The summed E-state index contributed by atoms with van der Waals surface area (Å²) in [4.78, 5) is 36.7. The topological polar surface area (TPSA) is 88.1 Å². The minimum absolute atomic E-state index is 0.258. The fraction of sp³-hybridized carbons (Fsp3) is 0.250. The highest BCUT2D eigenvalue weighted by Gasteiger charge is 2.47. The second-order valence-corrected chi connectivity index (χ2v) is 5.80. The van der Waals surface area contributed by atoms with E-state index < -0.39 is 36.2 Å². The molecule has 0 N–H and O–H groups in total. The van der Waals surface area contributed by atoms with E-state index in [0.29, 0.717) is 11.1 Å². The summed E-state index contributed by atoms with van der Waals surface area (Å²) in [5.74, 6) is -1.78. The maximum absolute atomic E-state index is 12.4. The molecule has 0 amide bonds. The van der Waals surface area contributed by atoms with Gasteiger partial charge in [0.05, 0.1) is 11.1 Å². The molecule has 7 heteroatoms. The fourth-order valence-corrected chi connectivity index (χ4v) is 2.62. The molecular weight excluding hydrogens is 352 g/mol. The number of hydrogen-bond acceptors (Lipinski definition) is 7. The third-order valence-corrected chi connectivity index (χ3v) is 3.99. The van der Waals surface area contributed by atoms with E-state index in [9.17, 15) is 14.4 Å². The van der Waals surface area contributed by atoms with Crippen molar-refractivity contribution in [2.45, 2.75) is 18.5 Å². The molecule has 1 heterocycles. The quantitative estimate of drug-likeness (QED) is 0.719. The van der Waals surface area contributed by atoms with Crippen molar-refractivity contribution in [3.05, 3.63) is 71.8 Å². The summed E-state index contributed by atoms with van der Waals surface area (Å²) in [5.41, 5.74) is 0.661. The highest BCUT2D eigenvalue weighted by Crippen LogP contribution is 2.22. The second-order valence-electron chi connectivity index (χ2n) is 5.80. The Labute approximate surface area is 155 Å². The Kier molecular flexibility index (Phi) is 5.95. The number of ketones is 1. The average Bonchev–Trinajstić information content (AvgIpc) is 3.02. The summed E-state index contributed by atoms with van der Waals surface area (Å²) in [6.07, 6.45) is -3.37. The maximum atomic E-state index is 12.4. The van der Waals surface area contributed by atoms with Crippen molar-refractivity contribution in [1.82, 2.24) is 0 Å². The van der Waals surface area contributed by atoms with E-state index in [1.807, 2.05) is 0 Å². The lowest BCUT2D eigenvalue weighted by molar-refractivity contribution is -0.152.